The van der Waals surface area contributed by atoms with Crippen molar-refractivity contribution < 1.29 is 28.6 Å². The number of unbranched alkanes of at least 4 members (excludes halogenated alkanes) is 1. The van der Waals surface area contributed by atoms with E-state index in [9.17, 15) is 9.90 Å². The number of aromatic nitrogens is 2. The molecule has 2 aliphatic heterocycles. The van der Waals surface area contributed by atoms with Crippen LogP contribution in [0.2, 0.25) is 0 Å². The molecule has 1 atom stereocenters. The standard InChI is InChI=1S/C26H38N6O2.C21H35N3O4/c1-2-3-12-29-14-15-32(19-20-11-13-30-26(16-20)34-22-7-6-8-22)21(18-27)17-24(31-28)23-9-4-5-10-25(23)33;1-15(2)20(21(25)27-4)18-13-19(22-28-18)24-11-5-16(6-12-24)14-23-9-7-17(26-3)8-10-23/h4-5,9-11,13,16-18,22,29,31,33H,2-3,6-8,12,14-15,19,27-28H2,1H3;13,15-17,20H,5-12,14H2,1-4H3/b21-18+,24-17-;. The summed E-state index contributed by atoms with van der Waals surface area (Å²) in [6.45, 7) is 14.8. The van der Waals surface area contributed by atoms with Gasteiger partial charge in [-0.1, -0.05) is 44.5 Å². The highest BCUT2D eigenvalue weighted by Crippen LogP contribution is 2.31. The zero-order valence-electron chi connectivity index (χ0n) is 37.8. The lowest BCUT2D eigenvalue weighted by Crippen LogP contribution is -2.42. The molecule has 1 saturated carbocycles. The lowest BCUT2D eigenvalue weighted by atomic mass is 9.93. The van der Waals surface area contributed by atoms with Gasteiger partial charge in [-0.2, -0.15) is 0 Å². The van der Waals surface area contributed by atoms with Crippen LogP contribution in [0, 0.1) is 11.8 Å². The fourth-order valence-corrected chi connectivity index (χ4v) is 8.18. The number of likely N-dealkylation sites (tertiary alicyclic amines) is 1. The van der Waals surface area contributed by atoms with E-state index in [0.29, 0.717) is 35.5 Å². The summed E-state index contributed by atoms with van der Waals surface area (Å²) in [7, 11) is 3.23. The Morgan fingerprint density at radius 3 is 2.42 bits per heavy atom. The number of carbonyl (C=O) groups is 1. The van der Waals surface area contributed by atoms with E-state index in [1.807, 2.05) is 51.3 Å². The van der Waals surface area contributed by atoms with Gasteiger partial charge in [-0.15, -0.1) is 0 Å². The molecule has 0 bridgehead atoms. The molecule has 3 fully saturated rings. The average Bonchev–Trinajstić information content (AvgIpc) is 3.75. The van der Waals surface area contributed by atoms with Crippen molar-refractivity contribution in [2.75, 3.05) is 71.5 Å². The Morgan fingerprint density at radius 1 is 1.03 bits per heavy atom. The summed E-state index contributed by atoms with van der Waals surface area (Å²) < 4.78 is 21.9. The second kappa shape index (κ2) is 25.3. The number of piperidine rings is 2. The molecule has 1 aliphatic carbocycles. The Morgan fingerprint density at radius 2 is 1.79 bits per heavy atom. The number of hydrogen-bond donors (Lipinski definition) is 5. The van der Waals surface area contributed by atoms with E-state index in [0.717, 1.165) is 120 Å². The second-order valence-electron chi connectivity index (χ2n) is 17.0. The maximum Gasteiger partial charge on any atom is 0.316 e. The molecule has 3 aliphatic rings. The van der Waals surface area contributed by atoms with Crippen LogP contribution in [0.25, 0.3) is 5.70 Å². The summed E-state index contributed by atoms with van der Waals surface area (Å²) in [6, 6.07) is 13.0. The Labute approximate surface area is 369 Å². The van der Waals surface area contributed by atoms with Crippen LogP contribution in [0.5, 0.6) is 11.6 Å². The van der Waals surface area contributed by atoms with E-state index in [1.165, 1.54) is 20.1 Å². The summed E-state index contributed by atoms with van der Waals surface area (Å²) >= 11 is 0. The van der Waals surface area contributed by atoms with Crippen LogP contribution in [0.1, 0.15) is 101 Å². The number of aromatic hydroxyl groups is 1. The molecular weight excluding hydrogens is 787 g/mol. The number of rotatable bonds is 21. The summed E-state index contributed by atoms with van der Waals surface area (Å²) in [6.07, 6.45) is 16.2. The third-order valence-corrected chi connectivity index (χ3v) is 12.2. The first-order valence-corrected chi connectivity index (χ1v) is 22.7. The largest absolute Gasteiger partial charge is 0.507 e. The van der Waals surface area contributed by atoms with Crippen LogP contribution in [0.15, 0.2) is 71.2 Å². The van der Waals surface area contributed by atoms with E-state index in [-0.39, 0.29) is 23.7 Å². The van der Waals surface area contributed by atoms with E-state index >= 15 is 0 Å². The molecular formula is C47H73N9O6. The van der Waals surface area contributed by atoms with Gasteiger partial charge < -0.3 is 55.0 Å². The number of phenolic OH excluding ortho intramolecular Hbond substituents is 1. The first-order valence-electron chi connectivity index (χ1n) is 22.7. The molecule has 0 spiro atoms. The van der Waals surface area contributed by atoms with Crippen LogP contribution >= 0.6 is 0 Å². The van der Waals surface area contributed by atoms with Gasteiger partial charge in [0.2, 0.25) is 5.88 Å². The number of phenols is 1. The minimum Gasteiger partial charge on any atom is -0.507 e. The Kier molecular flexibility index (Phi) is 19.7. The number of esters is 1. The number of ether oxygens (including phenoxy) is 3. The molecule has 4 heterocycles. The van der Waals surface area contributed by atoms with Crippen molar-refractivity contribution in [2.24, 2.45) is 23.4 Å². The normalized spacial score (nSPS) is 17.6. The van der Waals surface area contributed by atoms with Crippen LogP contribution < -0.4 is 32.0 Å². The fraction of sp³-hybridized carbons (Fsp3) is 0.596. The summed E-state index contributed by atoms with van der Waals surface area (Å²) in [5.41, 5.74) is 11.8. The molecule has 0 amide bonds. The highest BCUT2D eigenvalue weighted by molar-refractivity contribution is 5.77. The first kappa shape index (κ1) is 48.2. The highest BCUT2D eigenvalue weighted by atomic mass is 16.5. The van der Waals surface area contributed by atoms with Crippen LogP contribution in [-0.4, -0.2) is 110 Å². The van der Waals surface area contributed by atoms with Crippen molar-refractivity contribution in [3.05, 3.63) is 83.5 Å². The predicted octanol–water partition coefficient (Wildman–Crippen LogP) is 6.13. The molecule has 1 aromatic carbocycles. The highest BCUT2D eigenvalue weighted by Gasteiger charge is 2.31. The van der Waals surface area contributed by atoms with Gasteiger partial charge in [0.25, 0.3) is 0 Å². The van der Waals surface area contributed by atoms with Crippen LogP contribution in [-0.2, 0) is 20.8 Å². The molecule has 342 valence electrons. The average molecular weight is 860 g/mol. The predicted molar refractivity (Wildman–Crippen MR) is 244 cm³/mol. The lowest BCUT2D eigenvalue weighted by Gasteiger charge is -2.37. The van der Waals surface area contributed by atoms with Gasteiger partial charge in [0.15, 0.2) is 11.6 Å². The lowest BCUT2D eigenvalue weighted by molar-refractivity contribution is -0.144. The first-order chi connectivity index (χ1) is 30.2. The number of nitrogens with two attached hydrogens (primary N) is 2. The molecule has 7 N–H and O–H groups in total. The number of methoxy groups -OCH3 is 2. The molecule has 0 radical (unpaired) electrons. The Bertz CT molecular complexity index is 1830. The van der Waals surface area contributed by atoms with Gasteiger partial charge in [-0.3, -0.25) is 10.6 Å². The van der Waals surface area contributed by atoms with Gasteiger partial charge in [-0.25, -0.2) is 4.98 Å². The minimum atomic E-state index is -0.404. The summed E-state index contributed by atoms with van der Waals surface area (Å²) in [4.78, 5) is 23.5. The quantitative estimate of drug-likeness (QED) is 0.0270. The van der Waals surface area contributed by atoms with Gasteiger partial charge in [0.05, 0.1) is 24.6 Å². The number of para-hydroxylation sites is 1. The minimum absolute atomic E-state index is 0.0984. The monoisotopic (exact) mass is 860 g/mol. The van der Waals surface area contributed by atoms with E-state index in [4.69, 9.17) is 30.3 Å². The number of nitrogens with zero attached hydrogens (tertiary/aromatic N) is 5. The number of hydrazine groups is 1. The number of allylic oxidation sites excluding steroid dienone is 1. The van der Waals surface area contributed by atoms with E-state index in [1.54, 1.807) is 30.6 Å². The van der Waals surface area contributed by atoms with Gasteiger partial charge >= 0.3 is 5.97 Å². The number of anilines is 1. The van der Waals surface area contributed by atoms with Crippen molar-refractivity contribution >= 4 is 17.5 Å². The zero-order valence-corrected chi connectivity index (χ0v) is 37.8. The molecule has 2 aromatic heterocycles. The summed E-state index contributed by atoms with van der Waals surface area (Å²) in [5, 5.41) is 18.0. The number of hydrogen-bond acceptors (Lipinski definition) is 15. The molecule has 6 rings (SSSR count). The number of nitrogens with one attached hydrogen (secondary N) is 2. The molecule has 2 saturated heterocycles. The maximum absolute atomic E-state index is 12.1. The zero-order chi connectivity index (χ0) is 44.3. The third-order valence-electron chi connectivity index (χ3n) is 12.2. The molecule has 15 nitrogen and oxygen atoms in total. The second-order valence-corrected chi connectivity index (χ2v) is 17.0. The van der Waals surface area contributed by atoms with Crippen molar-refractivity contribution in [3.63, 3.8) is 0 Å². The molecule has 62 heavy (non-hydrogen) atoms. The van der Waals surface area contributed by atoms with E-state index < -0.39 is 5.92 Å². The van der Waals surface area contributed by atoms with Gasteiger partial charge in [0.1, 0.15) is 17.8 Å². The van der Waals surface area contributed by atoms with E-state index in [2.05, 4.69) is 42.5 Å². The van der Waals surface area contributed by atoms with Crippen LogP contribution in [0.3, 0.4) is 0 Å². The number of carbonyl (C=O) groups excluding carboxylic acids is 1. The van der Waals surface area contributed by atoms with Crippen molar-refractivity contribution in [1.82, 2.24) is 30.7 Å². The summed E-state index contributed by atoms with van der Waals surface area (Å²) in [5.74, 6) is 8.22. The third kappa shape index (κ3) is 14.4. The molecule has 15 heteroatoms. The van der Waals surface area contributed by atoms with Crippen molar-refractivity contribution in [3.8, 4) is 11.6 Å². The van der Waals surface area contributed by atoms with Crippen LogP contribution in [0.4, 0.5) is 5.82 Å². The number of benzene rings is 1. The molecule has 1 unspecified atom stereocenters. The Hall–Kier alpha value is -4.83. The van der Waals surface area contributed by atoms with Crippen molar-refractivity contribution in [2.45, 2.75) is 103 Å². The Balaban J connectivity index is 0.000000238. The number of pyridine rings is 1. The maximum atomic E-state index is 12.1. The molecule has 3 aromatic rings. The van der Waals surface area contributed by atoms with Gasteiger partial charge in [0, 0.05) is 89.6 Å². The topological polar surface area (TPSA) is 190 Å². The fourth-order valence-electron chi connectivity index (χ4n) is 8.18. The van der Waals surface area contributed by atoms with Crippen molar-refractivity contribution in [1.29, 1.82) is 0 Å². The van der Waals surface area contributed by atoms with Gasteiger partial charge in [-0.05, 0) is 99.6 Å². The smallest absolute Gasteiger partial charge is 0.316 e. The SMILES string of the molecule is CCCCNCCN(Cc1ccnc(OC2CCC2)c1)C(/C=C(\NN)c1ccccc1O)=C/N.COC(=O)C(c1cc(N2CCC(CN3CCC(OC)CC3)CC2)no1)C(C)C.